The Morgan fingerprint density at radius 2 is 2.30 bits per heavy atom. The Kier molecular flexibility index (Phi) is 3.61. The standard InChI is InChI=1S/C15H18N2O2S/c1-11-10-20-14(16-11)15(5-2-3-6-15)17-13(18)8-12-4-7-19-9-12/h4,7,9-10H,2-3,5-6,8H2,1H3,(H,17,18). The van der Waals surface area contributed by atoms with E-state index in [1.165, 1.54) is 0 Å². The van der Waals surface area contributed by atoms with Gasteiger partial charge in [-0.25, -0.2) is 4.98 Å². The Hall–Kier alpha value is -1.62. The fourth-order valence-electron chi connectivity index (χ4n) is 2.83. The number of carbonyl (C=O) groups is 1. The second-order valence-electron chi connectivity index (χ2n) is 5.44. The van der Waals surface area contributed by atoms with Gasteiger partial charge >= 0.3 is 0 Å². The fourth-order valence-corrected chi connectivity index (χ4v) is 3.85. The Morgan fingerprint density at radius 3 is 2.90 bits per heavy atom. The number of aryl methyl sites for hydroxylation is 1. The third-order valence-electron chi connectivity index (χ3n) is 3.81. The van der Waals surface area contributed by atoms with Crippen LogP contribution in [0.4, 0.5) is 0 Å². The van der Waals surface area contributed by atoms with Crippen molar-refractivity contribution in [1.82, 2.24) is 10.3 Å². The molecule has 1 N–H and O–H groups in total. The molecule has 0 saturated heterocycles. The molecule has 0 aromatic carbocycles. The minimum atomic E-state index is -0.250. The lowest BCUT2D eigenvalue weighted by molar-refractivity contribution is -0.122. The summed E-state index contributed by atoms with van der Waals surface area (Å²) in [5.41, 5.74) is 1.69. The van der Waals surface area contributed by atoms with Crippen molar-refractivity contribution in [3.63, 3.8) is 0 Å². The zero-order chi connectivity index (χ0) is 14.0. The van der Waals surface area contributed by atoms with Gasteiger partial charge in [-0.1, -0.05) is 12.8 Å². The van der Waals surface area contributed by atoms with Crippen LogP contribution in [0, 0.1) is 6.92 Å². The molecule has 0 radical (unpaired) electrons. The number of hydrogen-bond acceptors (Lipinski definition) is 4. The molecule has 4 nitrogen and oxygen atoms in total. The van der Waals surface area contributed by atoms with E-state index in [4.69, 9.17) is 4.42 Å². The van der Waals surface area contributed by atoms with E-state index >= 15 is 0 Å². The second kappa shape index (κ2) is 5.40. The van der Waals surface area contributed by atoms with Gasteiger partial charge in [0.25, 0.3) is 0 Å². The highest BCUT2D eigenvalue weighted by Crippen LogP contribution is 2.40. The molecular formula is C15H18N2O2S. The molecule has 2 aromatic rings. The first-order chi connectivity index (χ1) is 9.68. The molecule has 0 spiro atoms. The van der Waals surface area contributed by atoms with Gasteiger partial charge in [-0.05, 0) is 31.4 Å². The van der Waals surface area contributed by atoms with Crippen LogP contribution in [0.25, 0.3) is 0 Å². The van der Waals surface area contributed by atoms with Gasteiger partial charge in [-0.2, -0.15) is 0 Å². The molecule has 1 amide bonds. The molecule has 0 bridgehead atoms. The van der Waals surface area contributed by atoms with E-state index in [1.54, 1.807) is 23.9 Å². The predicted molar refractivity (Wildman–Crippen MR) is 77.6 cm³/mol. The normalized spacial score (nSPS) is 17.2. The highest BCUT2D eigenvalue weighted by atomic mass is 32.1. The van der Waals surface area contributed by atoms with E-state index in [1.807, 2.05) is 13.0 Å². The topological polar surface area (TPSA) is 55.1 Å². The Labute approximate surface area is 122 Å². The van der Waals surface area contributed by atoms with Crippen LogP contribution in [-0.2, 0) is 16.8 Å². The largest absolute Gasteiger partial charge is 0.472 e. The number of rotatable bonds is 4. The molecule has 2 aromatic heterocycles. The van der Waals surface area contributed by atoms with E-state index in [9.17, 15) is 4.79 Å². The monoisotopic (exact) mass is 290 g/mol. The molecule has 0 atom stereocenters. The number of nitrogens with one attached hydrogen (secondary N) is 1. The van der Waals surface area contributed by atoms with E-state index in [-0.39, 0.29) is 11.4 Å². The number of nitrogens with zero attached hydrogens (tertiary/aromatic N) is 1. The van der Waals surface area contributed by atoms with Gasteiger partial charge < -0.3 is 9.73 Å². The molecular weight excluding hydrogens is 272 g/mol. The lowest BCUT2D eigenvalue weighted by Crippen LogP contribution is -2.44. The second-order valence-corrected chi connectivity index (χ2v) is 6.30. The first kappa shape index (κ1) is 13.4. The average molecular weight is 290 g/mol. The van der Waals surface area contributed by atoms with Gasteiger partial charge in [-0.15, -0.1) is 11.3 Å². The Balaban J connectivity index is 1.76. The summed E-state index contributed by atoms with van der Waals surface area (Å²) in [6.07, 6.45) is 7.83. The summed E-state index contributed by atoms with van der Waals surface area (Å²) < 4.78 is 5.01. The first-order valence-electron chi connectivity index (χ1n) is 6.93. The van der Waals surface area contributed by atoms with Gasteiger partial charge in [0, 0.05) is 11.1 Å². The minimum Gasteiger partial charge on any atom is -0.472 e. The van der Waals surface area contributed by atoms with Crippen molar-refractivity contribution in [2.75, 3.05) is 0 Å². The first-order valence-corrected chi connectivity index (χ1v) is 7.81. The summed E-state index contributed by atoms with van der Waals surface area (Å²) in [4.78, 5) is 16.9. The average Bonchev–Trinajstić information content (AvgIpc) is 3.11. The van der Waals surface area contributed by atoms with Crippen LogP contribution in [0.15, 0.2) is 28.4 Å². The number of thiazole rings is 1. The Bertz CT molecular complexity index is 583. The molecule has 20 heavy (non-hydrogen) atoms. The highest BCUT2D eigenvalue weighted by molar-refractivity contribution is 7.09. The lowest BCUT2D eigenvalue weighted by atomic mass is 9.98. The SMILES string of the molecule is Cc1csc(C2(NC(=O)Cc3ccoc3)CCCC2)n1. The van der Waals surface area contributed by atoms with E-state index < -0.39 is 0 Å². The molecule has 2 heterocycles. The van der Waals surface area contributed by atoms with Gasteiger partial charge in [0.05, 0.1) is 24.5 Å². The van der Waals surface area contributed by atoms with Crippen molar-refractivity contribution < 1.29 is 9.21 Å². The number of carbonyl (C=O) groups excluding carboxylic acids is 1. The molecule has 1 aliphatic rings. The summed E-state index contributed by atoms with van der Waals surface area (Å²) in [5.74, 6) is 0.0427. The van der Waals surface area contributed by atoms with Crippen molar-refractivity contribution in [2.45, 2.75) is 44.6 Å². The number of aromatic nitrogens is 1. The van der Waals surface area contributed by atoms with Crippen LogP contribution < -0.4 is 5.32 Å². The molecule has 0 unspecified atom stereocenters. The third-order valence-corrected chi connectivity index (χ3v) is 4.97. The molecule has 0 aliphatic heterocycles. The van der Waals surface area contributed by atoms with Crippen LogP contribution >= 0.6 is 11.3 Å². The van der Waals surface area contributed by atoms with Crippen LogP contribution in [-0.4, -0.2) is 10.9 Å². The molecule has 1 saturated carbocycles. The maximum Gasteiger partial charge on any atom is 0.225 e. The zero-order valence-corrected chi connectivity index (χ0v) is 12.3. The summed E-state index contributed by atoms with van der Waals surface area (Å²) in [6.45, 7) is 2.00. The van der Waals surface area contributed by atoms with Crippen molar-refractivity contribution in [2.24, 2.45) is 0 Å². The summed E-state index contributed by atoms with van der Waals surface area (Å²) >= 11 is 1.65. The quantitative estimate of drug-likeness (QED) is 0.941. The molecule has 106 valence electrons. The van der Waals surface area contributed by atoms with E-state index in [0.29, 0.717) is 6.42 Å². The van der Waals surface area contributed by atoms with E-state index in [2.05, 4.69) is 15.7 Å². The smallest absolute Gasteiger partial charge is 0.225 e. The van der Waals surface area contributed by atoms with Gasteiger partial charge in [0.2, 0.25) is 5.91 Å². The number of hydrogen-bond donors (Lipinski definition) is 1. The van der Waals surface area contributed by atoms with Crippen molar-refractivity contribution >= 4 is 17.2 Å². The third kappa shape index (κ3) is 2.63. The van der Waals surface area contributed by atoms with Gasteiger partial charge in [0.1, 0.15) is 5.01 Å². The number of amides is 1. The molecule has 1 aliphatic carbocycles. The van der Waals surface area contributed by atoms with Crippen LogP contribution in [0.5, 0.6) is 0 Å². The Morgan fingerprint density at radius 1 is 1.50 bits per heavy atom. The molecule has 1 fully saturated rings. The zero-order valence-electron chi connectivity index (χ0n) is 11.5. The maximum absolute atomic E-state index is 12.3. The summed E-state index contributed by atoms with van der Waals surface area (Å²) in [5, 5.41) is 6.33. The highest BCUT2D eigenvalue weighted by Gasteiger charge is 2.39. The van der Waals surface area contributed by atoms with E-state index in [0.717, 1.165) is 41.9 Å². The minimum absolute atomic E-state index is 0.0427. The van der Waals surface area contributed by atoms with Crippen molar-refractivity contribution in [3.8, 4) is 0 Å². The van der Waals surface area contributed by atoms with Crippen molar-refractivity contribution in [1.29, 1.82) is 0 Å². The van der Waals surface area contributed by atoms with Crippen LogP contribution in [0.2, 0.25) is 0 Å². The van der Waals surface area contributed by atoms with Crippen LogP contribution in [0.1, 0.15) is 41.9 Å². The number of furan rings is 1. The summed E-state index contributed by atoms with van der Waals surface area (Å²) in [6, 6.07) is 1.83. The lowest BCUT2D eigenvalue weighted by Gasteiger charge is -2.28. The predicted octanol–water partition coefficient (Wildman–Crippen LogP) is 3.17. The van der Waals surface area contributed by atoms with Crippen molar-refractivity contribution in [3.05, 3.63) is 40.2 Å². The van der Waals surface area contributed by atoms with Crippen LogP contribution in [0.3, 0.4) is 0 Å². The van der Waals surface area contributed by atoms with Gasteiger partial charge in [0.15, 0.2) is 0 Å². The maximum atomic E-state index is 12.3. The molecule has 3 rings (SSSR count). The van der Waals surface area contributed by atoms with Gasteiger partial charge in [-0.3, -0.25) is 4.79 Å². The molecule has 5 heteroatoms. The fraction of sp³-hybridized carbons (Fsp3) is 0.467. The summed E-state index contributed by atoms with van der Waals surface area (Å²) in [7, 11) is 0.